The first-order chi connectivity index (χ1) is 5.80. The molecule has 0 spiro atoms. The van der Waals surface area contributed by atoms with E-state index in [-0.39, 0.29) is 5.60 Å². The Bertz CT molecular complexity index is 297. The number of fused-ring (bicyclic) bond motifs is 1. The Morgan fingerprint density at radius 2 is 2.58 bits per heavy atom. The minimum Gasteiger partial charge on any atom is -0.369 e. The average Bonchev–Trinajstić information content (AvgIpc) is 2.19. The Morgan fingerprint density at radius 1 is 1.75 bits per heavy atom. The van der Waals surface area contributed by atoms with Crippen molar-refractivity contribution in [2.45, 2.75) is 18.4 Å². The van der Waals surface area contributed by atoms with Gasteiger partial charge in [0.1, 0.15) is 5.60 Å². The Balaban J connectivity index is 2.43. The molecule has 0 N–H and O–H groups in total. The van der Waals surface area contributed by atoms with Gasteiger partial charge in [-0.25, -0.2) is 0 Å². The van der Waals surface area contributed by atoms with Crippen LogP contribution in [0.2, 0.25) is 0 Å². The van der Waals surface area contributed by atoms with Crippen LogP contribution in [0.4, 0.5) is 0 Å². The van der Waals surface area contributed by atoms with E-state index in [1.165, 1.54) is 0 Å². The van der Waals surface area contributed by atoms with Crippen molar-refractivity contribution in [3.05, 3.63) is 23.8 Å². The molecular weight excluding hydrogens is 150 g/mol. The first-order valence-corrected chi connectivity index (χ1v) is 4.18. The summed E-state index contributed by atoms with van der Waals surface area (Å²) in [5.41, 5.74) is 0.396. The van der Waals surface area contributed by atoms with Crippen LogP contribution in [0.15, 0.2) is 23.8 Å². The normalized spacial score (nSPS) is 37.7. The van der Waals surface area contributed by atoms with E-state index in [1.54, 1.807) is 7.11 Å². The highest BCUT2D eigenvalue weighted by molar-refractivity contribution is 5.43. The van der Waals surface area contributed by atoms with Crippen LogP contribution in [0.3, 0.4) is 0 Å². The summed E-state index contributed by atoms with van der Waals surface area (Å²) in [6.07, 6.45) is 8.24. The molecule has 0 saturated carbocycles. The SMILES string of the molecule is COC12C=CC(C=C1C#N)CC2. The quantitative estimate of drug-likeness (QED) is 0.549. The lowest BCUT2D eigenvalue weighted by molar-refractivity contribution is 0.0452. The lowest BCUT2D eigenvalue weighted by atomic mass is 9.73. The highest BCUT2D eigenvalue weighted by atomic mass is 16.5. The summed E-state index contributed by atoms with van der Waals surface area (Å²) in [4.78, 5) is 0. The molecule has 0 saturated heterocycles. The smallest absolute Gasteiger partial charge is 0.120 e. The fourth-order valence-electron chi connectivity index (χ4n) is 1.97. The van der Waals surface area contributed by atoms with Crippen molar-refractivity contribution in [3.63, 3.8) is 0 Å². The molecule has 2 nitrogen and oxygen atoms in total. The fraction of sp³-hybridized carbons (Fsp3) is 0.500. The number of hydrogen-bond donors (Lipinski definition) is 0. The molecule has 2 heteroatoms. The molecule has 12 heavy (non-hydrogen) atoms. The molecule has 0 aromatic carbocycles. The van der Waals surface area contributed by atoms with Crippen LogP contribution in [0.5, 0.6) is 0 Å². The van der Waals surface area contributed by atoms with E-state index in [9.17, 15) is 0 Å². The highest BCUT2D eigenvalue weighted by Gasteiger charge is 2.39. The number of nitrogens with zero attached hydrogens (tertiary/aromatic N) is 1. The summed E-state index contributed by atoms with van der Waals surface area (Å²) >= 11 is 0. The zero-order valence-corrected chi connectivity index (χ0v) is 7.08. The monoisotopic (exact) mass is 161 g/mol. The zero-order chi connectivity index (χ0) is 8.60. The second kappa shape index (κ2) is 2.46. The maximum absolute atomic E-state index is 8.88. The van der Waals surface area contributed by atoms with Crippen LogP contribution in [-0.2, 0) is 4.74 Å². The van der Waals surface area contributed by atoms with Gasteiger partial charge < -0.3 is 4.74 Å². The summed E-state index contributed by atoms with van der Waals surface area (Å²) < 4.78 is 5.39. The van der Waals surface area contributed by atoms with Crippen molar-refractivity contribution in [3.8, 4) is 6.07 Å². The highest BCUT2D eigenvalue weighted by Crippen LogP contribution is 2.40. The van der Waals surface area contributed by atoms with Gasteiger partial charge in [0.2, 0.25) is 0 Å². The predicted molar refractivity (Wildman–Crippen MR) is 45.3 cm³/mol. The number of methoxy groups -OCH3 is 1. The molecule has 3 aliphatic carbocycles. The summed E-state index contributed by atoms with van der Waals surface area (Å²) in [5, 5.41) is 8.88. The maximum atomic E-state index is 8.88. The second-order valence-corrected chi connectivity index (χ2v) is 3.35. The average molecular weight is 161 g/mol. The van der Waals surface area contributed by atoms with Crippen LogP contribution in [-0.4, -0.2) is 12.7 Å². The van der Waals surface area contributed by atoms with E-state index in [0.29, 0.717) is 5.92 Å². The summed E-state index contributed by atoms with van der Waals surface area (Å²) in [6, 6.07) is 2.21. The number of nitriles is 1. The van der Waals surface area contributed by atoms with Crippen molar-refractivity contribution < 1.29 is 4.74 Å². The van der Waals surface area contributed by atoms with Crippen molar-refractivity contribution in [2.24, 2.45) is 5.92 Å². The van der Waals surface area contributed by atoms with E-state index in [0.717, 1.165) is 18.4 Å². The third-order valence-corrected chi connectivity index (χ3v) is 2.78. The second-order valence-electron chi connectivity index (χ2n) is 3.35. The molecular formula is C10H11NO. The van der Waals surface area contributed by atoms with E-state index in [2.05, 4.69) is 12.1 Å². The van der Waals surface area contributed by atoms with Gasteiger partial charge in [0.05, 0.1) is 11.6 Å². The van der Waals surface area contributed by atoms with Gasteiger partial charge in [-0.15, -0.1) is 0 Å². The molecule has 0 amide bonds. The molecule has 2 bridgehead atoms. The van der Waals surface area contributed by atoms with Crippen LogP contribution >= 0.6 is 0 Å². The molecule has 62 valence electrons. The topological polar surface area (TPSA) is 33.0 Å². The Kier molecular flexibility index (Phi) is 1.55. The number of rotatable bonds is 1. The first-order valence-electron chi connectivity index (χ1n) is 4.18. The largest absolute Gasteiger partial charge is 0.369 e. The molecule has 0 fully saturated rings. The van der Waals surface area contributed by atoms with Crippen LogP contribution in [0.25, 0.3) is 0 Å². The lowest BCUT2D eigenvalue weighted by Gasteiger charge is -2.38. The summed E-state index contributed by atoms with van der Waals surface area (Å²) in [7, 11) is 1.67. The minimum atomic E-state index is -0.385. The van der Waals surface area contributed by atoms with Crippen molar-refractivity contribution in [2.75, 3.05) is 7.11 Å². The fourth-order valence-corrected chi connectivity index (χ4v) is 1.97. The zero-order valence-electron chi connectivity index (χ0n) is 7.08. The molecule has 3 rings (SSSR count). The Hall–Kier alpha value is -1.07. The minimum absolute atomic E-state index is 0.385. The molecule has 0 aromatic rings. The van der Waals surface area contributed by atoms with E-state index in [1.807, 2.05) is 12.2 Å². The van der Waals surface area contributed by atoms with Crippen molar-refractivity contribution in [1.29, 1.82) is 5.26 Å². The Labute approximate surface area is 72.1 Å². The predicted octanol–water partition coefficient (Wildman–Crippen LogP) is 1.80. The van der Waals surface area contributed by atoms with E-state index < -0.39 is 0 Å². The molecule has 0 aromatic heterocycles. The van der Waals surface area contributed by atoms with Crippen LogP contribution in [0.1, 0.15) is 12.8 Å². The molecule has 0 aliphatic heterocycles. The number of allylic oxidation sites excluding steroid dienone is 2. The standard InChI is InChI=1S/C10H11NO/c1-12-10-4-2-8(3-5-10)6-9(10)7-11/h2,4,6,8H,3,5H2,1H3. The van der Waals surface area contributed by atoms with Gasteiger partial charge in [-0.1, -0.05) is 18.2 Å². The number of hydrogen-bond acceptors (Lipinski definition) is 2. The third-order valence-electron chi connectivity index (χ3n) is 2.78. The van der Waals surface area contributed by atoms with Gasteiger partial charge in [-0.3, -0.25) is 0 Å². The van der Waals surface area contributed by atoms with Crippen LogP contribution in [0, 0.1) is 17.2 Å². The van der Waals surface area contributed by atoms with Gasteiger partial charge in [0.15, 0.2) is 0 Å². The van der Waals surface area contributed by atoms with E-state index in [4.69, 9.17) is 10.00 Å². The van der Waals surface area contributed by atoms with Gasteiger partial charge in [0.25, 0.3) is 0 Å². The third kappa shape index (κ3) is 0.835. The van der Waals surface area contributed by atoms with Crippen molar-refractivity contribution in [1.82, 2.24) is 0 Å². The van der Waals surface area contributed by atoms with Gasteiger partial charge in [-0.05, 0) is 18.8 Å². The maximum Gasteiger partial charge on any atom is 0.120 e. The summed E-state index contributed by atoms with van der Waals surface area (Å²) in [5.74, 6) is 0.469. The Morgan fingerprint density at radius 3 is 3.00 bits per heavy atom. The molecule has 2 unspecified atom stereocenters. The number of ether oxygens (including phenoxy) is 1. The molecule has 2 atom stereocenters. The summed E-state index contributed by atoms with van der Waals surface area (Å²) in [6.45, 7) is 0. The lowest BCUT2D eigenvalue weighted by Crippen LogP contribution is -2.37. The van der Waals surface area contributed by atoms with Crippen molar-refractivity contribution >= 4 is 0 Å². The van der Waals surface area contributed by atoms with Gasteiger partial charge >= 0.3 is 0 Å². The van der Waals surface area contributed by atoms with Gasteiger partial charge in [-0.2, -0.15) is 5.26 Å². The molecule has 3 aliphatic rings. The first kappa shape index (κ1) is 7.57. The van der Waals surface area contributed by atoms with Crippen LogP contribution < -0.4 is 0 Å². The molecule has 0 radical (unpaired) electrons. The van der Waals surface area contributed by atoms with Gasteiger partial charge in [0, 0.05) is 7.11 Å². The molecule has 0 heterocycles. The van der Waals surface area contributed by atoms with E-state index >= 15 is 0 Å².